The van der Waals surface area contributed by atoms with Crippen molar-refractivity contribution >= 4 is 0 Å². The molecule has 78 valence electrons. The van der Waals surface area contributed by atoms with Crippen LogP contribution in [0.1, 0.15) is 45.4 Å². The van der Waals surface area contributed by atoms with Gasteiger partial charge in [0.15, 0.2) is 0 Å². The topological polar surface area (TPSA) is 21.3 Å². The number of nitrogens with one attached hydrogen (secondary N) is 1. The summed E-state index contributed by atoms with van der Waals surface area (Å²) in [6, 6.07) is 0.660. The fourth-order valence-electron chi connectivity index (χ4n) is 2.04. The van der Waals surface area contributed by atoms with Crippen molar-refractivity contribution in [1.82, 2.24) is 5.32 Å². The second-order valence-electron chi connectivity index (χ2n) is 4.00. The molecule has 1 heterocycles. The zero-order valence-corrected chi connectivity index (χ0v) is 9.01. The molecule has 0 radical (unpaired) electrons. The largest absolute Gasteiger partial charge is 0.378 e. The summed E-state index contributed by atoms with van der Waals surface area (Å²) in [4.78, 5) is 0. The first-order chi connectivity index (χ1) is 6.36. The normalized spacial score (nSPS) is 25.8. The molecule has 2 heteroatoms. The zero-order chi connectivity index (χ0) is 9.52. The number of ether oxygens (including phenoxy) is 1. The minimum absolute atomic E-state index is 0.526. The Hall–Kier alpha value is -0.0800. The summed E-state index contributed by atoms with van der Waals surface area (Å²) in [5.41, 5.74) is 0. The average molecular weight is 185 g/mol. The summed E-state index contributed by atoms with van der Waals surface area (Å²) in [5.74, 6) is 0. The van der Waals surface area contributed by atoms with Crippen LogP contribution in [0.15, 0.2) is 0 Å². The molecule has 0 aromatic heterocycles. The molecule has 1 aliphatic rings. The molecule has 1 fully saturated rings. The molecule has 13 heavy (non-hydrogen) atoms. The van der Waals surface area contributed by atoms with E-state index < -0.39 is 0 Å². The van der Waals surface area contributed by atoms with E-state index in [1.165, 1.54) is 38.5 Å². The molecular formula is C11H23NO. The molecule has 0 aromatic rings. The van der Waals surface area contributed by atoms with Crippen LogP contribution in [0.4, 0.5) is 0 Å². The van der Waals surface area contributed by atoms with Crippen molar-refractivity contribution in [3.8, 4) is 0 Å². The maximum absolute atomic E-state index is 5.72. The van der Waals surface area contributed by atoms with Gasteiger partial charge in [-0.3, -0.25) is 0 Å². The molecule has 1 rings (SSSR count). The van der Waals surface area contributed by atoms with Crippen molar-refractivity contribution in [2.75, 3.05) is 13.7 Å². The zero-order valence-electron chi connectivity index (χ0n) is 9.01. The Balaban J connectivity index is 2.18. The van der Waals surface area contributed by atoms with Gasteiger partial charge in [0, 0.05) is 12.6 Å². The minimum Gasteiger partial charge on any atom is -0.378 e. The maximum atomic E-state index is 5.72. The Kier molecular flexibility index (Phi) is 5.40. The van der Waals surface area contributed by atoms with Crippen LogP contribution < -0.4 is 5.32 Å². The average Bonchev–Trinajstić information content (AvgIpc) is 2.19. The molecule has 2 unspecified atom stereocenters. The second-order valence-corrected chi connectivity index (χ2v) is 4.00. The summed E-state index contributed by atoms with van der Waals surface area (Å²) in [5, 5.41) is 3.37. The smallest absolute Gasteiger partial charge is 0.0590 e. The van der Waals surface area contributed by atoms with Crippen LogP contribution in [0.5, 0.6) is 0 Å². The monoisotopic (exact) mass is 185 g/mol. The van der Waals surface area contributed by atoms with E-state index in [1.807, 2.05) is 0 Å². The lowest BCUT2D eigenvalue weighted by atomic mass is 9.99. The van der Waals surface area contributed by atoms with E-state index in [-0.39, 0.29) is 0 Å². The Bertz CT molecular complexity index is 119. The first kappa shape index (κ1) is 11.0. The molecule has 0 saturated carbocycles. The molecule has 0 aliphatic carbocycles. The summed E-state index contributed by atoms with van der Waals surface area (Å²) in [6.45, 7) is 3.22. The van der Waals surface area contributed by atoms with Crippen molar-refractivity contribution in [3.05, 3.63) is 0 Å². The highest BCUT2D eigenvalue weighted by molar-refractivity contribution is 4.72. The predicted octanol–water partition coefficient (Wildman–Crippen LogP) is 2.33. The fraction of sp³-hybridized carbons (Fsp3) is 1.00. The van der Waals surface area contributed by atoms with Gasteiger partial charge in [-0.15, -0.1) is 0 Å². The number of hydrogen-bond acceptors (Lipinski definition) is 2. The van der Waals surface area contributed by atoms with Crippen molar-refractivity contribution in [2.24, 2.45) is 0 Å². The molecule has 2 atom stereocenters. The van der Waals surface area contributed by atoms with Crippen LogP contribution in [0.3, 0.4) is 0 Å². The SMILES string of the molecule is CCCC(CC1CCCCO1)NC. The predicted molar refractivity (Wildman–Crippen MR) is 56.0 cm³/mol. The van der Waals surface area contributed by atoms with Crippen LogP contribution in [0.2, 0.25) is 0 Å². The fourth-order valence-corrected chi connectivity index (χ4v) is 2.04. The van der Waals surface area contributed by atoms with Gasteiger partial charge in [-0.2, -0.15) is 0 Å². The van der Waals surface area contributed by atoms with Crippen LogP contribution in [0, 0.1) is 0 Å². The van der Waals surface area contributed by atoms with Crippen LogP contribution in [0.25, 0.3) is 0 Å². The standard InChI is InChI=1S/C11H23NO/c1-3-6-10(12-2)9-11-7-4-5-8-13-11/h10-12H,3-9H2,1-2H3. The molecule has 1 aliphatic heterocycles. The molecule has 0 aromatic carbocycles. The van der Waals surface area contributed by atoms with Gasteiger partial charge in [0.2, 0.25) is 0 Å². The third-order valence-corrected chi connectivity index (χ3v) is 2.87. The van der Waals surface area contributed by atoms with E-state index in [9.17, 15) is 0 Å². The van der Waals surface area contributed by atoms with Gasteiger partial charge in [-0.1, -0.05) is 13.3 Å². The van der Waals surface area contributed by atoms with Gasteiger partial charge in [0.25, 0.3) is 0 Å². The lowest BCUT2D eigenvalue weighted by molar-refractivity contribution is 0.00513. The van der Waals surface area contributed by atoms with Crippen molar-refractivity contribution in [2.45, 2.75) is 57.6 Å². The van der Waals surface area contributed by atoms with E-state index >= 15 is 0 Å². The van der Waals surface area contributed by atoms with Crippen LogP contribution in [-0.2, 0) is 4.74 Å². The molecule has 2 nitrogen and oxygen atoms in total. The molecular weight excluding hydrogens is 162 g/mol. The van der Waals surface area contributed by atoms with E-state index in [4.69, 9.17) is 4.74 Å². The van der Waals surface area contributed by atoms with Gasteiger partial charge in [-0.05, 0) is 39.2 Å². The maximum Gasteiger partial charge on any atom is 0.0590 e. The van der Waals surface area contributed by atoms with Gasteiger partial charge >= 0.3 is 0 Å². The summed E-state index contributed by atoms with van der Waals surface area (Å²) >= 11 is 0. The minimum atomic E-state index is 0.526. The molecule has 1 saturated heterocycles. The van der Waals surface area contributed by atoms with Crippen molar-refractivity contribution in [3.63, 3.8) is 0 Å². The highest BCUT2D eigenvalue weighted by Gasteiger charge is 2.17. The van der Waals surface area contributed by atoms with Crippen molar-refractivity contribution in [1.29, 1.82) is 0 Å². The lowest BCUT2D eigenvalue weighted by Gasteiger charge is -2.26. The van der Waals surface area contributed by atoms with Crippen LogP contribution >= 0.6 is 0 Å². The first-order valence-electron chi connectivity index (χ1n) is 5.65. The number of hydrogen-bond donors (Lipinski definition) is 1. The summed E-state index contributed by atoms with van der Waals surface area (Å²) < 4.78 is 5.72. The Morgan fingerprint density at radius 2 is 2.31 bits per heavy atom. The summed E-state index contributed by atoms with van der Waals surface area (Å²) in [7, 11) is 2.06. The lowest BCUT2D eigenvalue weighted by Crippen LogP contribution is -2.32. The Labute approximate surface area is 82.0 Å². The Morgan fingerprint density at radius 3 is 2.85 bits per heavy atom. The molecule has 1 N–H and O–H groups in total. The van der Waals surface area contributed by atoms with E-state index in [1.54, 1.807) is 0 Å². The first-order valence-corrected chi connectivity index (χ1v) is 5.65. The summed E-state index contributed by atoms with van der Waals surface area (Å²) in [6.07, 6.45) is 8.14. The van der Waals surface area contributed by atoms with E-state index in [0.29, 0.717) is 12.1 Å². The highest BCUT2D eigenvalue weighted by atomic mass is 16.5. The van der Waals surface area contributed by atoms with E-state index in [2.05, 4.69) is 19.3 Å². The quantitative estimate of drug-likeness (QED) is 0.710. The van der Waals surface area contributed by atoms with Gasteiger partial charge in [0.1, 0.15) is 0 Å². The molecule has 0 amide bonds. The van der Waals surface area contributed by atoms with Gasteiger partial charge in [-0.25, -0.2) is 0 Å². The Morgan fingerprint density at radius 1 is 1.46 bits per heavy atom. The van der Waals surface area contributed by atoms with Gasteiger partial charge < -0.3 is 10.1 Å². The van der Waals surface area contributed by atoms with E-state index in [0.717, 1.165) is 6.61 Å². The molecule has 0 bridgehead atoms. The molecule has 0 spiro atoms. The van der Waals surface area contributed by atoms with Crippen molar-refractivity contribution < 1.29 is 4.74 Å². The third-order valence-electron chi connectivity index (χ3n) is 2.87. The third kappa shape index (κ3) is 4.10. The second kappa shape index (κ2) is 6.39. The van der Waals surface area contributed by atoms with Crippen LogP contribution in [-0.4, -0.2) is 25.8 Å². The van der Waals surface area contributed by atoms with Gasteiger partial charge in [0.05, 0.1) is 6.10 Å². The number of rotatable bonds is 5. The highest BCUT2D eigenvalue weighted by Crippen LogP contribution is 2.18.